The van der Waals surface area contributed by atoms with Gasteiger partial charge in [-0.25, -0.2) is 4.98 Å². The number of oxazole rings is 1. The summed E-state index contributed by atoms with van der Waals surface area (Å²) in [6, 6.07) is 58.3. The molecule has 3 N–H and O–H groups in total. The van der Waals surface area contributed by atoms with E-state index in [0.717, 1.165) is 92.9 Å². The molecular formula is C63H46Br6N2O8. The third-order valence-corrected chi connectivity index (χ3v) is 14.9. The Kier molecular flexibility index (Phi) is 21.8. The Morgan fingerprint density at radius 1 is 0.481 bits per heavy atom. The van der Waals surface area contributed by atoms with Gasteiger partial charge < -0.3 is 20.0 Å². The van der Waals surface area contributed by atoms with Crippen LogP contribution in [-0.2, 0) is 9.53 Å². The average molecular weight is 1440 g/mol. The Hall–Kier alpha value is -6.50. The van der Waals surface area contributed by atoms with Crippen LogP contribution < -0.4 is 5.73 Å². The monoisotopic (exact) mass is 1430 g/mol. The molecule has 0 saturated heterocycles. The van der Waals surface area contributed by atoms with Crippen molar-refractivity contribution in [2.75, 3.05) is 24.3 Å². The van der Waals surface area contributed by atoms with Gasteiger partial charge >= 0.3 is 5.97 Å². The van der Waals surface area contributed by atoms with Crippen LogP contribution in [0.25, 0.3) is 65.2 Å². The Morgan fingerprint density at radius 3 is 1.20 bits per heavy atom. The Bertz CT molecular complexity index is 3970. The van der Waals surface area contributed by atoms with Crippen LogP contribution in [0.2, 0.25) is 0 Å². The molecule has 0 fully saturated rings. The van der Waals surface area contributed by atoms with Crippen molar-refractivity contribution in [3.05, 3.63) is 233 Å². The van der Waals surface area contributed by atoms with Crippen LogP contribution in [0, 0.1) is 0 Å². The minimum atomic E-state index is -0.454. The van der Waals surface area contributed by atoms with Crippen molar-refractivity contribution in [2.45, 2.75) is 13.8 Å². The summed E-state index contributed by atoms with van der Waals surface area (Å²) in [5, 5.41) is 19.4. The molecule has 0 amide bonds. The van der Waals surface area contributed by atoms with E-state index in [1.807, 2.05) is 152 Å². The van der Waals surface area contributed by atoms with Gasteiger partial charge in [0.15, 0.2) is 29.7 Å². The van der Waals surface area contributed by atoms with Crippen LogP contribution in [-0.4, -0.2) is 57.7 Å². The molecule has 0 saturated carbocycles. The highest BCUT2D eigenvalue weighted by Gasteiger charge is 2.14. The average Bonchev–Trinajstić information content (AvgIpc) is 3.97. The second-order valence-electron chi connectivity index (χ2n) is 17.3. The number of rotatable bonds is 9. The van der Waals surface area contributed by atoms with Gasteiger partial charge in [0, 0.05) is 57.1 Å². The molecule has 398 valence electrons. The van der Waals surface area contributed by atoms with Crippen molar-refractivity contribution in [3.8, 4) is 11.3 Å². The molecule has 0 aliphatic rings. The molecule has 11 rings (SSSR count). The molecule has 10 aromatic carbocycles. The molecule has 79 heavy (non-hydrogen) atoms. The van der Waals surface area contributed by atoms with Gasteiger partial charge in [-0.15, -0.1) is 0 Å². The maximum absolute atomic E-state index is 12.0. The summed E-state index contributed by atoms with van der Waals surface area (Å²) in [6.45, 7) is 2.20. The molecule has 0 radical (unpaired) electrons. The van der Waals surface area contributed by atoms with Crippen molar-refractivity contribution in [3.63, 3.8) is 0 Å². The van der Waals surface area contributed by atoms with Crippen LogP contribution in [0.1, 0.15) is 55.3 Å². The number of aliphatic hydroxyl groups excluding tert-OH is 1. The lowest BCUT2D eigenvalue weighted by molar-refractivity contribution is -0.139. The Morgan fingerprint density at radius 2 is 0.835 bits per heavy atom. The smallest absolute Gasteiger partial charge is 0.303 e. The Labute approximate surface area is 505 Å². The van der Waals surface area contributed by atoms with Crippen molar-refractivity contribution < 1.29 is 38.2 Å². The summed E-state index contributed by atoms with van der Waals surface area (Å²) >= 11 is 20.2. The summed E-state index contributed by atoms with van der Waals surface area (Å²) in [7, 11) is 0. The number of benzene rings is 10. The summed E-state index contributed by atoms with van der Waals surface area (Å²) < 4.78 is 15.0. The number of hydrogen-bond donors (Lipinski definition) is 2. The molecule has 0 aliphatic heterocycles. The number of fused-ring (bicyclic) bond motifs is 5. The maximum Gasteiger partial charge on any atom is 0.303 e. The number of carbonyl (C=O) groups is 5. The minimum Gasteiger partial charge on any atom is -0.457 e. The number of hydrogen-bond acceptors (Lipinski definition) is 10. The second kappa shape index (κ2) is 28.6. The number of nitrogen functional groups attached to an aromatic ring is 1. The quantitative estimate of drug-likeness (QED) is 0.0806. The van der Waals surface area contributed by atoms with Crippen molar-refractivity contribution in [1.82, 2.24) is 4.98 Å². The van der Waals surface area contributed by atoms with Gasteiger partial charge in [-0.2, -0.15) is 0 Å². The van der Waals surface area contributed by atoms with E-state index >= 15 is 0 Å². The predicted molar refractivity (Wildman–Crippen MR) is 339 cm³/mol. The number of carbonyl (C=O) groups excluding carboxylic acids is 5. The lowest BCUT2D eigenvalue weighted by Crippen LogP contribution is -2.12. The van der Waals surface area contributed by atoms with Gasteiger partial charge in [0.2, 0.25) is 5.78 Å². The summed E-state index contributed by atoms with van der Waals surface area (Å²) in [5.41, 5.74) is 9.18. The first-order valence-corrected chi connectivity index (χ1v) is 29.1. The molecule has 10 nitrogen and oxygen atoms in total. The number of Topliss-reactive ketones (excluding diaryl/α,β-unsaturated/α-hetero) is 4. The van der Waals surface area contributed by atoms with E-state index in [1.54, 1.807) is 25.3 Å². The first-order valence-electron chi connectivity index (χ1n) is 24.0. The highest BCUT2D eigenvalue weighted by atomic mass is 79.9. The number of nitrogens with two attached hydrogens (primary N) is 1. The summed E-state index contributed by atoms with van der Waals surface area (Å²) in [5.74, 6) is -0.00373. The molecule has 0 unspecified atom stereocenters. The van der Waals surface area contributed by atoms with E-state index in [4.69, 9.17) is 20.0 Å². The second-order valence-corrected chi connectivity index (χ2v) is 22.5. The molecule has 1 heterocycles. The third-order valence-electron chi connectivity index (χ3n) is 12.0. The van der Waals surface area contributed by atoms with Crippen LogP contribution in [0.15, 0.2) is 215 Å². The number of aromatic nitrogens is 1. The largest absolute Gasteiger partial charge is 0.457 e. The maximum atomic E-state index is 12.0. The summed E-state index contributed by atoms with van der Waals surface area (Å²) in [6.07, 6.45) is 1.64. The molecular weight excluding hydrogens is 1390 g/mol. The van der Waals surface area contributed by atoms with E-state index in [2.05, 4.69) is 119 Å². The fourth-order valence-corrected chi connectivity index (χ4v) is 10.4. The Balaban J connectivity index is 0.000000143. The molecule has 11 aromatic rings. The molecule has 1 aromatic heterocycles. The van der Waals surface area contributed by atoms with E-state index in [-0.39, 0.29) is 35.8 Å². The third kappa shape index (κ3) is 16.1. The zero-order valence-corrected chi connectivity index (χ0v) is 51.6. The van der Waals surface area contributed by atoms with E-state index in [1.165, 1.54) is 6.92 Å². The lowest BCUT2D eigenvalue weighted by atomic mass is 10.0. The number of ether oxygens (including phenoxy) is 1. The molecule has 0 atom stereocenters. The number of alkyl halides is 1. The van der Waals surface area contributed by atoms with E-state index in [9.17, 15) is 24.0 Å². The molecule has 0 bridgehead atoms. The zero-order valence-electron chi connectivity index (χ0n) is 42.1. The number of nitrogens with zero attached hydrogens (tertiary/aromatic N) is 1. The normalized spacial score (nSPS) is 10.5. The molecule has 0 spiro atoms. The van der Waals surface area contributed by atoms with Gasteiger partial charge in [-0.1, -0.05) is 217 Å². The lowest BCUT2D eigenvalue weighted by Gasteiger charge is -2.06. The topological polar surface area (TPSA) is 167 Å². The highest BCUT2D eigenvalue weighted by molar-refractivity contribution is 9.11. The number of anilines is 1. The standard InChI is InChI=1S/C14H11BrO3.C13H9BrN2O.C12H8Br2O.C12H9BrO2.C12H9BrO/c1-9(16)18-8-14(17)12-4-2-3-10-5-6-11(15)7-13(10)12;14-9-5-4-8-2-1-3-10(11(8)6-9)12-7-16-13(15)17-12;13-7-12(15)10-3-1-2-8-4-5-9(14)6-11(8)10;13-9-5-4-8-2-1-3-10(11(8)6-9)12(15)7-14;1-8(14)11-4-2-3-9-5-6-10(13)7-12(9)11/h2-7H,8H2,1H3;1-7H,(H2,15,16);1-6H,7H2;1-6,14H,7H2;2-7H,1H3. The van der Waals surface area contributed by atoms with Gasteiger partial charge in [0.1, 0.15) is 6.61 Å². The molecule has 0 aliphatic carbocycles. The van der Waals surface area contributed by atoms with Gasteiger partial charge in [-0.3, -0.25) is 24.0 Å². The predicted octanol–water partition coefficient (Wildman–Crippen LogP) is 17.9. The number of ketones is 4. The van der Waals surface area contributed by atoms with Gasteiger partial charge in [0.05, 0.1) is 11.5 Å². The van der Waals surface area contributed by atoms with Crippen LogP contribution in [0.3, 0.4) is 0 Å². The van der Waals surface area contributed by atoms with Crippen molar-refractivity contribution in [2.24, 2.45) is 0 Å². The fourth-order valence-electron chi connectivity index (χ4n) is 8.29. The number of esters is 1. The first-order chi connectivity index (χ1) is 37.9. The van der Waals surface area contributed by atoms with E-state index < -0.39 is 12.6 Å². The van der Waals surface area contributed by atoms with Crippen LogP contribution in [0.5, 0.6) is 0 Å². The SMILES string of the molecule is CC(=O)OCC(=O)c1cccc2ccc(Br)cc12.CC(=O)c1cccc2ccc(Br)cc12.Nc1ncc(-c2cccc3ccc(Br)cc23)o1.O=C(CBr)c1cccc2ccc(Br)cc12.O=C(CO)c1cccc2ccc(Br)cc12. The number of halogens is 6. The zero-order chi connectivity index (χ0) is 56.8. The highest BCUT2D eigenvalue weighted by Crippen LogP contribution is 2.32. The molecule has 16 heteroatoms. The van der Waals surface area contributed by atoms with Crippen LogP contribution >= 0.6 is 95.6 Å². The van der Waals surface area contributed by atoms with Crippen molar-refractivity contribution in [1.29, 1.82) is 0 Å². The van der Waals surface area contributed by atoms with Gasteiger partial charge in [0.25, 0.3) is 6.01 Å². The number of aliphatic hydroxyl groups is 1. The first kappa shape index (κ1) is 60.1. The summed E-state index contributed by atoms with van der Waals surface area (Å²) in [4.78, 5) is 61.1. The van der Waals surface area contributed by atoms with E-state index in [0.29, 0.717) is 22.2 Å². The fraction of sp³-hybridized carbons (Fsp3) is 0.0794. The van der Waals surface area contributed by atoms with Crippen molar-refractivity contribution >= 4 is 185 Å². The van der Waals surface area contributed by atoms with Crippen LogP contribution in [0.4, 0.5) is 6.01 Å². The minimum absolute atomic E-state index is 0.105. The van der Waals surface area contributed by atoms with Gasteiger partial charge in [-0.05, 0) is 121 Å².